The lowest BCUT2D eigenvalue weighted by molar-refractivity contribution is -0.132. The van der Waals surface area contributed by atoms with Gasteiger partial charge in [0, 0.05) is 26.2 Å². The van der Waals surface area contributed by atoms with Crippen LogP contribution >= 0.6 is 0 Å². The minimum absolute atomic E-state index is 0.190. The summed E-state index contributed by atoms with van der Waals surface area (Å²) >= 11 is 0. The number of likely N-dealkylation sites (tertiary alicyclic amines) is 1. The van der Waals surface area contributed by atoms with Crippen LogP contribution in [0.5, 0.6) is 5.75 Å². The molecule has 0 unspecified atom stereocenters. The third-order valence-electron chi connectivity index (χ3n) is 4.63. The van der Waals surface area contributed by atoms with Crippen LogP contribution in [0, 0.1) is 0 Å². The molecule has 22 heavy (non-hydrogen) atoms. The van der Waals surface area contributed by atoms with Crippen molar-refractivity contribution in [1.29, 1.82) is 0 Å². The molecule has 2 atom stereocenters. The van der Waals surface area contributed by atoms with Crippen LogP contribution in [0.25, 0.3) is 0 Å². The number of hydrogen-bond donors (Lipinski definition) is 1. The second kappa shape index (κ2) is 6.57. The van der Waals surface area contributed by atoms with E-state index in [4.69, 9.17) is 9.47 Å². The third-order valence-corrected chi connectivity index (χ3v) is 4.63. The van der Waals surface area contributed by atoms with Gasteiger partial charge >= 0.3 is 0 Å². The molecule has 0 aromatic heterocycles. The Labute approximate surface area is 133 Å². The van der Waals surface area contributed by atoms with Crippen molar-refractivity contribution in [3.8, 4) is 5.75 Å². The first-order chi connectivity index (χ1) is 10.6. The highest BCUT2D eigenvalue weighted by Gasteiger charge is 2.45. The Morgan fingerprint density at radius 3 is 3.05 bits per heavy atom. The van der Waals surface area contributed by atoms with E-state index in [9.17, 15) is 5.11 Å². The van der Waals surface area contributed by atoms with E-state index in [0.29, 0.717) is 0 Å². The van der Waals surface area contributed by atoms with Gasteiger partial charge in [-0.25, -0.2) is 0 Å². The number of ether oxygens (including phenoxy) is 2. The van der Waals surface area contributed by atoms with E-state index >= 15 is 0 Å². The zero-order chi connectivity index (χ0) is 15.6. The fourth-order valence-corrected chi connectivity index (χ4v) is 3.62. The molecule has 1 aromatic rings. The first-order valence-corrected chi connectivity index (χ1v) is 8.37. The zero-order valence-corrected chi connectivity index (χ0v) is 13.6. The summed E-state index contributed by atoms with van der Waals surface area (Å²) in [5.41, 5.74) is 0.923. The molecular formula is C18H27NO3. The summed E-state index contributed by atoms with van der Waals surface area (Å²) in [6, 6.07) is 8.31. The molecule has 1 aromatic carbocycles. The van der Waals surface area contributed by atoms with Crippen LogP contribution in [-0.4, -0.2) is 47.5 Å². The summed E-state index contributed by atoms with van der Waals surface area (Å²) in [4.78, 5) is 2.40. The van der Waals surface area contributed by atoms with Gasteiger partial charge in [-0.1, -0.05) is 12.1 Å². The lowest BCUT2D eigenvalue weighted by Crippen LogP contribution is -2.56. The number of rotatable bonds is 4. The molecular weight excluding hydrogens is 278 g/mol. The number of aliphatic hydroxyl groups excluding tert-OH is 1. The van der Waals surface area contributed by atoms with E-state index < -0.39 is 0 Å². The van der Waals surface area contributed by atoms with Gasteiger partial charge in [0.2, 0.25) is 0 Å². The van der Waals surface area contributed by atoms with E-state index in [0.717, 1.165) is 51.3 Å². The van der Waals surface area contributed by atoms with Gasteiger partial charge in [-0.2, -0.15) is 0 Å². The third kappa shape index (κ3) is 3.45. The number of hydrogen-bond acceptors (Lipinski definition) is 4. The minimum atomic E-state index is -0.329. The molecule has 1 N–H and O–H groups in total. The Kier molecular flexibility index (Phi) is 4.71. The molecule has 3 rings (SSSR count). The molecule has 0 amide bonds. The highest BCUT2D eigenvalue weighted by molar-refractivity contribution is 5.28. The standard InChI is InChI=1S/C18H27NO3/c1-14(2)22-16-6-3-5-15(11-16)12-19-9-7-17(20)18(13-19)8-4-10-21-18/h3,5-6,11,14,17,20H,4,7-10,12-13H2,1-2H3/t17-,18-/m0/s1. The quantitative estimate of drug-likeness (QED) is 0.928. The zero-order valence-electron chi connectivity index (χ0n) is 13.6. The van der Waals surface area contributed by atoms with Crippen molar-refractivity contribution in [2.45, 2.75) is 57.5 Å². The van der Waals surface area contributed by atoms with E-state index in [1.165, 1.54) is 5.56 Å². The number of piperidine rings is 1. The molecule has 4 heteroatoms. The Balaban J connectivity index is 1.65. The summed E-state index contributed by atoms with van der Waals surface area (Å²) < 4.78 is 11.7. The van der Waals surface area contributed by atoms with Gasteiger partial charge < -0.3 is 14.6 Å². The van der Waals surface area contributed by atoms with Gasteiger partial charge in [-0.15, -0.1) is 0 Å². The van der Waals surface area contributed by atoms with Crippen molar-refractivity contribution >= 4 is 0 Å². The van der Waals surface area contributed by atoms with Gasteiger partial charge in [0.25, 0.3) is 0 Å². The van der Waals surface area contributed by atoms with Crippen molar-refractivity contribution in [2.75, 3.05) is 19.7 Å². The summed E-state index contributed by atoms with van der Waals surface area (Å²) in [6.45, 7) is 7.49. The van der Waals surface area contributed by atoms with E-state index in [1.54, 1.807) is 0 Å². The molecule has 0 bridgehead atoms. The van der Waals surface area contributed by atoms with Crippen molar-refractivity contribution in [3.63, 3.8) is 0 Å². The predicted molar refractivity (Wildman–Crippen MR) is 86.0 cm³/mol. The van der Waals surface area contributed by atoms with Crippen LogP contribution in [0.1, 0.15) is 38.7 Å². The Morgan fingerprint density at radius 1 is 1.45 bits per heavy atom. The van der Waals surface area contributed by atoms with E-state index in [-0.39, 0.29) is 17.8 Å². The fraction of sp³-hybridized carbons (Fsp3) is 0.667. The maximum absolute atomic E-state index is 10.3. The number of benzene rings is 1. The summed E-state index contributed by atoms with van der Waals surface area (Å²) in [5.74, 6) is 0.927. The normalized spacial score (nSPS) is 29.4. The molecule has 2 heterocycles. The van der Waals surface area contributed by atoms with Gasteiger partial charge in [-0.05, 0) is 50.8 Å². The van der Waals surface area contributed by atoms with Crippen LogP contribution < -0.4 is 4.74 Å². The van der Waals surface area contributed by atoms with Crippen molar-refractivity contribution < 1.29 is 14.6 Å². The molecule has 2 aliphatic rings. The number of nitrogens with zero attached hydrogens (tertiary/aromatic N) is 1. The van der Waals surface area contributed by atoms with Crippen LogP contribution in [0.2, 0.25) is 0 Å². The molecule has 122 valence electrons. The summed E-state index contributed by atoms with van der Waals surface area (Å²) in [6.07, 6.45) is 2.70. The summed E-state index contributed by atoms with van der Waals surface area (Å²) in [5, 5.41) is 10.3. The highest BCUT2D eigenvalue weighted by Crippen LogP contribution is 2.35. The molecule has 0 aliphatic carbocycles. The van der Waals surface area contributed by atoms with Crippen LogP contribution in [-0.2, 0) is 11.3 Å². The minimum Gasteiger partial charge on any atom is -0.491 e. The van der Waals surface area contributed by atoms with Gasteiger partial charge in [0.15, 0.2) is 0 Å². The van der Waals surface area contributed by atoms with Gasteiger partial charge in [0.05, 0.1) is 12.2 Å². The molecule has 2 fully saturated rings. The largest absolute Gasteiger partial charge is 0.491 e. The average Bonchev–Trinajstić information content (AvgIpc) is 2.92. The second-order valence-corrected chi connectivity index (χ2v) is 6.85. The maximum atomic E-state index is 10.3. The monoisotopic (exact) mass is 305 g/mol. The van der Waals surface area contributed by atoms with Gasteiger partial charge in [-0.3, -0.25) is 4.90 Å². The van der Waals surface area contributed by atoms with Crippen LogP contribution in [0.3, 0.4) is 0 Å². The lowest BCUT2D eigenvalue weighted by atomic mass is 9.87. The predicted octanol–water partition coefficient (Wildman–Crippen LogP) is 2.59. The van der Waals surface area contributed by atoms with Crippen molar-refractivity contribution in [3.05, 3.63) is 29.8 Å². The molecule has 2 aliphatic heterocycles. The Hall–Kier alpha value is -1.10. The Morgan fingerprint density at radius 2 is 2.32 bits per heavy atom. The molecule has 4 nitrogen and oxygen atoms in total. The van der Waals surface area contributed by atoms with E-state index in [2.05, 4.69) is 17.0 Å². The molecule has 2 saturated heterocycles. The highest BCUT2D eigenvalue weighted by atomic mass is 16.5. The average molecular weight is 305 g/mol. The van der Waals surface area contributed by atoms with Gasteiger partial charge in [0.1, 0.15) is 11.4 Å². The fourth-order valence-electron chi connectivity index (χ4n) is 3.62. The van der Waals surface area contributed by atoms with E-state index in [1.807, 2.05) is 26.0 Å². The maximum Gasteiger partial charge on any atom is 0.120 e. The number of aliphatic hydroxyl groups is 1. The molecule has 0 radical (unpaired) electrons. The van der Waals surface area contributed by atoms with Crippen molar-refractivity contribution in [2.24, 2.45) is 0 Å². The first kappa shape index (κ1) is 15.8. The molecule has 1 spiro atoms. The second-order valence-electron chi connectivity index (χ2n) is 6.85. The smallest absolute Gasteiger partial charge is 0.120 e. The lowest BCUT2D eigenvalue weighted by Gasteiger charge is -2.43. The van der Waals surface area contributed by atoms with Crippen LogP contribution in [0.15, 0.2) is 24.3 Å². The summed E-state index contributed by atoms with van der Waals surface area (Å²) in [7, 11) is 0. The SMILES string of the molecule is CC(C)Oc1cccc(CN2CC[C@H](O)[C@]3(CCCO3)C2)c1. The van der Waals surface area contributed by atoms with Crippen LogP contribution in [0.4, 0.5) is 0 Å². The Bertz CT molecular complexity index is 497. The first-order valence-electron chi connectivity index (χ1n) is 8.37. The van der Waals surface area contributed by atoms with Crippen molar-refractivity contribution in [1.82, 2.24) is 4.90 Å². The topological polar surface area (TPSA) is 41.9 Å². The molecule has 0 saturated carbocycles.